The summed E-state index contributed by atoms with van der Waals surface area (Å²) in [5.74, 6) is 3.12. The van der Waals surface area contributed by atoms with E-state index in [0.29, 0.717) is 12.5 Å². The second-order valence-electron chi connectivity index (χ2n) is 7.09. The molecule has 0 aromatic heterocycles. The maximum atomic E-state index is 12.3. The van der Waals surface area contributed by atoms with Crippen molar-refractivity contribution in [1.29, 1.82) is 0 Å². The molecule has 2 aliphatic rings. The molecule has 0 aliphatic carbocycles. The Hall–Kier alpha value is -0.560. The van der Waals surface area contributed by atoms with Gasteiger partial charge in [0.05, 0.1) is 5.75 Å². The molecule has 0 saturated carbocycles. The van der Waals surface area contributed by atoms with Gasteiger partial charge in [-0.2, -0.15) is 11.8 Å². The van der Waals surface area contributed by atoms with Gasteiger partial charge >= 0.3 is 0 Å². The van der Waals surface area contributed by atoms with E-state index < -0.39 is 10.0 Å². The fourth-order valence-corrected chi connectivity index (χ4v) is 6.11. The van der Waals surface area contributed by atoms with Gasteiger partial charge in [-0.25, -0.2) is 13.1 Å². The molecule has 1 aromatic carbocycles. The van der Waals surface area contributed by atoms with Gasteiger partial charge in [0.25, 0.3) is 0 Å². The van der Waals surface area contributed by atoms with Crippen LogP contribution in [0.3, 0.4) is 0 Å². The number of piperidine rings is 1. The van der Waals surface area contributed by atoms with Gasteiger partial charge in [0.1, 0.15) is 0 Å². The SMILES string of the molecule is Cc1cccc(CS(=O)(=O)NCC2CCN([C@H]3CCSC3)CC2)c1. The van der Waals surface area contributed by atoms with Crippen LogP contribution in [0.2, 0.25) is 0 Å². The van der Waals surface area contributed by atoms with Crippen molar-refractivity contribution in [3.63, 3.8) is 0 Å². The molecule has 4 nitrogen and oxygen atoms in total. The predicted molar refractivity (Wildman–Crippen MR) is 102 cm³/mol. The molecule has 1 N–H and O–H groups in total. The molecule has 2 saturated heterocycles. The zero-order chi connectivity index (χ0) is 17.0. The van der Waals surface area contributed by atoms with Crippen molar-refractivity contribution < 1.29 is 8.42 Å². The van der Waals surface area contributed by atoms with Crippen LogP contribution in [0, 0.1) is 12.8 Å². The van der Waals surface area contributed by atoms with Crippen LogP contribution in [0.5, 0.6) is 0 Å². The number of hydrogen-bond acceptors (Lipinski definition) is 4. The summed E-state index contributed by atoms with van der Waals surface area (Å²) in [7, 11) is -3.25. The number of benzene rings is 1. The van der Waals surface area contributed by atoms with Gasteiger partial charge in [0.15, 0.2) is 0 Å². The van der Waals surface area contributed by atoms with Crippen LogP contribution in [0.1, 0.15) is 30.4 Å². The first kappa shape index (κ1) is 18.2. The average molecular weight is 369 g/mol. The van der Waals surface area contributed by atoms with Crippen LogP contribution in [-0.4, -0.2) is 50.5 Å². The van der Waals surface area contributed by atoms with Gasteiger partial charge in [-0.1, -0.05) is 29.8 Å². The van der Waals surface area contributed by atoms with Crippen LogP contribution < -0.4 is 4.72 Å². The molecule has 1 aromatic rings. The highest BCUT2D eigenvalue weighted by Crippen LogP contribution is 2.26. The van der Waals surface area contributed by atoms with Crippen LogP contribution in [0.25, 0.3) is 0 Å². The molecule has 134 valence electrons. The van der Waals surface area contributed by atoms with Crippen molar-refractivity contribution >= 4 is 21.8 Å². The third kappa shape index (κ3) is 5.22. The molecule has 2 heterocycles. The summed E-state index contributed by atoms with van der Waals surface area (Å²) in [5, 5.41) is 0. The maximum absolute atomic E-state index is 12.3. The van der Waals surface area contributed by atoms with E-state index in [1.807, 2.05) is 31.2 Å². The topological polar surface area (TPSA) is 49.4 Å². The first-order valence-electron chi connectivity index (χ1n) is 8.86. The van der Waals surface area contributed by atoms with Gasteiger partial charge in [0, 0.05) is 18.3 Å². The largest absolute Gasteiger partial charge is 0.300 e. The summed E-state index contributed by atoms with van der Waals surface area (Å²) < 4.78 is 27.4. The number of sulfonamides is 1. The smallest absolute Gasteiger partial charge is 0.215 e. The summed E-state index contributed by atoms with van der Waals surface area (Å²) in [4.78, 5) is 2.61. The number of nitrogens with one attached hydrogen (secondary N) is 1. The number of hydrogen-bond donors (Lipinski definition) is 1. The predicted octanol–water partition coefficient (Wildman–Crippen LogP) is 2.63. The molecule has 3 rings (SSSR count). The lowest BCUT2D eigenvalue weighted by Gasteiger charge is -2.35. The molecule has 0 spiro atoms. The summed E-state index contributed by atoms with van der Waals surface area (Å²) in [6, 6.07) is 8.48. The number of aryl methyl sites for hydroxylation is 1. The Balaban J connectivity index is 1.43. The highest BCUT2D eigenvalue weighted by molar-refractivity contribution is 7.99. The van der Waals surface area contributed by atoms with Gasteiger partial charge in [-0.3, -0.25) is 4.90 Å². The molecule has 6 heteroatoms. The highest BCUT2D eigenvalue weighted by atomic mass is 32.2. The van der Waals surface area contributed by atoms with Crippen molar-refractivity contribution in [1.82, 2.24) is 9.62 Å². The molecule has 0 radical (unpaired) electrons. The zero-order valence-electron chi connectivity index (χ0n) is 14.4. The van der Waals surface area contributed by atoms with E-state index in [1.165, 1.54) is 17.9 Å². The fourth-order valence-electron chi connectivity index (χ4n) is 3.65. The minimum atomic E-state index is -3.25. The average Bonchev–Trinajstić information content (AvgIpc) is 3.08. The third-order valence-corrected chi connectivity index (χ3v) is 7.57. The molecular weight excluding hydrogens is 340 g/mol. The molecule has 24 heavy (non-hydrogen) atoms. The van der Waals surface area contributed by atoms with Crippen molar-refractivity contribution in [2.24, 2.45) is 5.92 Å². The molecular formula is C18H28N2O2S2. The van der Waals surface area contributed by atoms with E-state index in [0.717, 1.165) is 43.1 Å². The second kappa shape index (κ2) is 8.21. The van der Waals surface area contributed by atoms with Crippen LogP contribution in [0.15, 0.2) is 24.3 Å². The summed E-state index contributed by atoms with van der Waals surface area (Å²) in [6.45, 7) is 4.81. The Morgan fingerprint density at radius 1 is 1.25 bits per heavy atom. The Morgan fingerprint density at radius 2 is 2.04 bits per heavy atom. The van der Waals surface area contributed by atoms with Crippen molar-refractivity contribution in [3.8, 4) is 0 Å². The van der Waals surface area contributed by atoms with Gasteiger partial charge in [-0.15, -0.1) is 0 Å². The lowest BCUT2D eigenvalue weighted by Crippen LogP contribution is -2.43. The lowest BCUT2D eigenvalue weighted by molar-refractivity contribution is 0.145. The van der Waals surface area contributed by atoms with E-state index >= 15 is 0 Å². The number of likely N-dealkylation sites (tertiary alicyclic amines) is 1. The quantitative estimate of drug-likeness (QED) is 0.839. The zero-order valence-corrected chi connectivity index (χ0v) is 16.0. The standard InChI is InChI=1S/C18H28N2O2S2/c1-15-3-2-4-17(11-15)14-24(21,22)19-12-16-5-8-20(9-6-16)18-7-10-23-13-18/h2-4,11,16,18-19H,5-10,12-14H2,1H3/t18-/m0/s1. The van der Waals surface area contributed by atoms with Crippen LogP contribution >= 0.6 is 11.8 Å². The summed E-state index contributed by atoms with van der Waals surface area (Å²) >= 11 is 2.06. The Morgan fingerprint density at radius 3 is 2.71 bits per heavy atom. The molecule has 2 aliphatic heterocycles. The Labute approximate surface area is 150 Å². The Bertz CT molecular complexity index is 634. The molecule has 0 amide bonds. The van der Waals surface area contributed by atoms with Crippen LogP contribution in [0.4, 0.5) is 0 Å². The first-order valence-corrected chi connectivity index (χ1v) is 11.7. The van der Waals surface area contributed by atoms with E-state index in [2.05, 4.69) is 21.4 Å². The highest BCUT2D eigenvalue weighted by Gasteiger charge is 2.27. The van der Waals surface area contributed by atoms with Crippen molar-refractivity contribution in [2.45, 2.75) is 38.0 Å². The maximum Gasteiger partial charge on any atom is 0.215 e. The first-order chi connectivity index (χ1) is 11.5. The van der Waals surface area contributed by atoms with Gasteiger partial charge in [0.2, 0.25) is 10.0 Å². The second-order valence-corrected chi connectivity index (χ2v) is 10.1. The molecule has 0 bridgehead atoms. The Kier molecular flexibility index (Phi) is 6.24. The molecule has 2 fully saturated rings. The number of nitrogens with zero attached hydrogens (tertiary/aromatic N) is 1. The number of thioether (sulfide) groups is 1. The normalized spacial score (nSPS) is 23.6. The minimum absolute atomic E-state index is 0.0762. The summed E-state index contributed by atoms with van der Waals surface area (Å²) in [6.07, 6.45) is 3.53. The molecule has 1 atom stereocenters. The third-order valence-electron chi connectivity index (χ3n) is 5.10. The monoisotopic (exact) mass is 368 g/mol. The van der Waals surface area contributed by atoms with Gasteiger partial charge in [-0.05, 0) is 56.5 Å². The van der Waals surface area contributed by atoms with Gasteiger partial charge < -0.3 is 0 Å². The number of rotatable bonds is 6. The van der Waals surface area contributed by atoms with E-state index in [-0.39, 0.29) is 5.75 Å². The fraction of sp³-hybridized carbons (Fsp3) is 0.667. The van der Waals surface area contributed by atoms with Crippen LogP contribution in [-0.2, 0) is 15.8 Å². The van der Waals surface area contributed by atoms with E-state index in [4.69, 9.17) is 0 Å². The van der Waals surface area contributed by atoms with Crippen molar-refractivity contribution in [2.75, 3.05) is 31.1 Å². The summed E-state index contributed by atoms with van der Waals surface area (Å²) in [5.41, 5.74) is 1.95. The molecule has 0 unspecified atom stereocenters. The van der Waals surface area contributed by atoms with Crippen molar-refractivity contribution in [3.05, 3.63) is 35.4 Å². The van der Waals surface area contributed by atoms with E-state index in [1.54, 1.807) is 0 Å². The van der Waals surface area contributed by atoms with E-state index in [9.17, 15) is 8.42 Å². The minimum Gasteiger partial charge on any atom is -0.300 e. The lowest BCUT2D eigenvalue weighted by atomic mass is 9.96.